The molecule has 0 fully saturated rings. The number of rotatable bonds is 2. The standard InChI is InChI=1S/C14H13F3N2/c1-9-6-11(18)8-13(7-9)19-12-4-2-10(3-5-12)14(15,16)17/h2-8,19H,18H2,1H3. The molecule has 3 N–H and O–H groups in total. The molecule has 2 nitrogen and oxygen atoms in total. The third-order valence-electron chi connectivity index (χ3n) is 2.60. The first kappa shape index (κ1) is 13.3. The molecule has 2 rings (SSSR count). The van der Waals surface area contributed by atoms with E-state index in [1.54, 1.807) is 6.07 Å². The number of benzene rings is 2. The highest BCUT2D eigenvalue weighted by atomic mass is 19.4. The number of nitrogens with two attached hydrogens (primary N) is 1. The van der Waals surface area contributed by atoms with Gasteiger partial charge in [-0.25, -0.2) is 0 Å². The van der Waals surface area contributed by atoms with E-state index in [4.69, 9.17) is 5.73 Å². The second kappa shape index (κ2) is 4.84. The molecule has 0 unspecified atom stereocenters. The van der Waals surface area contributed by atoms with Crippen molar-refractivity contribution in [2.24, 2.45) is 0 Å². The van der Waals surface area contributed by atoms with Crippen molar-refractivity contribution >= 4 is 17.1 Å². The van der Waals surface area contributed by atoms with Gasteiger partial charge in [0.05, 0.1) is 5.56 Å². The van der Waals surface area contributed by atoms with Gasteiger partial charge in [-0.3, -0.25) is 0 Å². The van der Waals surface area contributed by atoms with Gasteiger partial charge in [0.2, 0.25) is 0 Å². The molecule has 0 aliphatic carbocycles. The summed E-state index contributed by atoms with van der Waals surface area (Å²) < 4.78 is 37.2. The molecule has 100 valence electrons. The highest BCUT2D eigenvalue weighted by molar-refractivity contribution is 5.65. The lowest BCUT2D eigenvalue weighted by Gasteiger charge is -2.10. The molecule has 0 atom stereocenters. The molecule has 0 aliphatic rings. The van der Waals surface area contributed by atoms with E-state index in [9.17, 15) is 13.2 Å². The van der Waals surface area contributed by atoms with E-state index in [0.29, 0.717) is 11.4 Å². The summed E-state index contributed by atoms with van der Waals surface area (Å²) >= 11 is 0. The number of alkyl halides is 3. The molecule has 0 bridgehead atoms. The summed E-state index contributed by atoms with van der Waals surface area (Å²) in [5.41, 5.74) is 7.96. The molecule has 0 radical (unpaired) electrons. The van der Waals surface area contributed by atoms with Gasteiger partial charge < -0.3 is 11.1 Å². The van der Waals surface area contributed by atoms with Crippen LogP contribution in [0, 0.1) is 6.92 Å². The van der Waals surface area contributed by atoms with Crippen LogP contribution in [0.5, 0.6) is 0 Å². The van der Waals surface area contributed by atoms with Crippen LogP contribution in [-0.2, 0) is 6.18 Å². The number of halogens is 3. The van der Waals surface area contributed by atoms with Crippen molar-refractivity contribution in [3.63, 3.8) is 0 Å². The summed E-state index contributed by atoms with van der Waals surface area (Å²) in [6, 6.07) is 10.3. The van der Waals surface area contributed by atoms with Gasteiger partial charge in [0.1, 0.15) is 0 Å². The van der Waals surface area contributed by atoms with Crippen LogP contribution in [-0.4, -0.2) is 0 Å². The van der Waals surface area contributed by atoms with Gasteiger partial charge in [-0.2, -0.15) is 13.2 Å². The number of aryl methyl sites for hydroxylation is 1. The van der Waals surface area contributed by atoms with Crippen LogP contribution >= 0.6 is 0 Å². The second-order valence-corrected chi connectivity index (χ2v) is 4.33. The third-order valence-corrected chi connectivity index (χ3v) is 2.60. The van der Waals surface area contributed by atoms with Crippen molar-refractivity contribution in [3.05, 3.63) is 53.6 Å². The molecular formula is C14H13F3N2. The van der Waals surface area contributed by atoms with Crippen LogP contribution in [0.1, 0.15) is 11.1 Å². The van der Waals surface area contributed by atoms with E-state index < -0.39 is 11.7 Å². The highest BCUT2D eigenvalue weighted by Crippen LogP contribution is 2.30. The fourth-order valence-corrected chi connectivity index (χ4v) is 1.79. The Balaban J connectivity index is 2.20. The maximum absolute atomic E-state index is 12.4. The fraction of sp³-hybridized carbons (Fsp3) is 0.143. The van der Waals surface area contributed by atoms with E-state index in [2.05, 4.69) is 5.32 Å². The molecule has 0 saturated carbocycles. The second-order valence-electron chi connectivity index (χ2n) is 4.33. The SMILES string of the molecule is Cc1cc(N)cc(Nc2ccc(C(F)(F)F)cc2)c1. The Bertz CT molecular complexity index is 554. The van der Waals surface area contributed by atoms with Crippen LogP contribution < -0.4 is 11.1 Å². The normalized spacial score (nSPS) is 11.4. The zero-order valence-electron chi connectivity index (χ0n) is 10.3. The first-order valence-corrected chi connectivity index (χ1v) is 5.66. The molecule has 0 aromatic heterocycles. The predicted molar refractivity (Wildman–Crippen MR) is 70.3 cm³/mol. The first-order chi connectivity index (χ1) is 8.84. The minimum absolute atomic E-state index is 0.581. The summed E-state index contributed by atoms with van der Waals surface area (Å²) in [4.78, 5) is 0. The maximum atomic E-state index is 12.4. The van der Waals surface area contributed by atoms with Gasteiger partial charge in [-0.05, 0) is 55.0 Å². The molecule has 0 amide bonds. The average Bonchev–Trinajstić information content (AvgIpc) is 2.26. The van der Waals surface area contributed by atoms with Gasteiger partial charge in [0.15, 0.2) is 0 Å². The lowest BCUT2D eigenvalue weighted by Crippen LogP contribution is -2.04. The van der Waals surface area contributed by atoms with Crippen molar-refractivity contribution < 1.29 is 13.2 Å². The Labute approximate surface area is 109 Å². The number of nitrogens with one attached hydrogen (secondary N) is 1. The number of nitrogen functional groups attached to an aromatic ring is 1. The van der Waals surface area contributed by atoms with Crippen LogP contribution in [0.3, 0.4) is 0 Å². The van der Waals surface area contributed by atoms with Gasteiger partial charge in [-0.15, -0.1) is 0 Å². The molecule has 0 saturated heterocycles. The van der Waals surface area contributed by atoms with Gasteiger partial charge in [0.25, 0.3) is 0 Å². The number of hydrogen-bond acceptors (Lipinski definition) is 2. The van der Waals surface area contributed by atoms with Crippen molar-refractivity contribution in [2.45, 2.75) is 13.1 Å². The summed E-state index contributed by atoms with van der Waals surface area (Å²) in [6.45, 7) is 1.90. The summed E-state index contributed by atoms with van der Waals surface area (Å²) in [7, 11) is 0. The van der Waals surface area contributed by atoms with Gasteiger partial charge in [0, 0.05) is 17.1 Å². The maximum Gasteiger partial charge on any atom is 0.416 e. The van der Waals surface area contributed by atoms with Crippen LogP contribution in [0.15, 0.2) is 42.5 Å². The van der Waals surface area contributed by atoms with E-state index in [-0.39, 0.29) is 0 Å². The molecule has 2 aromatic carbocycles. The number of hydrogen-bond donors (Lipinski definition) is 2. The van der Waals surface area contributed by atoms with Crippen molar-refractivity contribution in [1.82, 2.24) is 0 Å². The Hall–Kier alpha value is -2.17. The first-order valence-electron chi connectivity index (χ1n) is 5.66. The molecule has 0 aliphatic heterocycles. The quantitative estimate of drug-likeness (QED) is 0.793. The Kier molecular flexibility index (Phi) is 3.38. The van der Waals surface area contributed by atoms with E-state index in [1.165, 1.54) is 12.1 Å². The molecule has 5 heteroatoms. The molecule has 0 heterocycles. The van der Waals surface area contributed by atoms with Crippen molar-refractivity contribution in [2.75, 3.05) is 11.1 Å². The van der Waals surface area contributed by atoms with Crippen molar-refractivity contribution in [3.8, 4) is 0 Å². The summed E-state index contributed by atoms with van der Waals surface area (Å²) in [5.74, 6) is 0. The number of anilines is 3. The van der Waals surface area contributed by atoms with Crippen LogP contribution in [0.25, 0.3) is 0 Å². The lowest BCUT2D eigenvalue weighted by atomic mass is 10.1. The van der Waals surface area contributed by atoms with Crippen molar-refractivity contribution in [1.29, 1.82) is 0 Å². The molecule has 19 heavy (non-hydrogen) atoms. The van der Waals surface area contributed by atoms with E-state index in [1.807, 2.05) is 19.1 Å². The molecule has 0 spiro atoms. The highest BCUT2D eigenvalue weighted by Gasteiger charge is 2.29. The van der Waals surface area contributed by atoms with Crippen LogP contribution in [0.2, 0.25) is 0 Å². The largest absolute Gasteiger partial charge is 0.416 e. The minimum atomic E-state index is -4.31. The Morgan fingerprint density at radius 1 is 0.947 bits per heavy atom. The fourth-order valence-electron chi connectivity index (χ4n) is 1.79. The Morgan fingerprint density at radius 2 is 1.58 bits per heavy atom. The van der Waals surface area contributed by atoms with Crippen LogP contribution in [0.4, 0.5) is 30.2 Å². The smallest absolute Gasteiger partial charge is 0.399 e. The van der Waals surface area contributed by atoms with Gasteiger partial charge in [-0.1, -0.05) is 0 Å². The zero-order valence-corrected chi connectivity index (χ0v) is 10.3. The lowest BCUT2D eigenvalue weighted by molar-refractivity contribution is -0.137. The topological polar surface area (TPSA) is 38.0 Å². The van der Waals surface area contributed by atoms with Gasteiger partial charge >= 0.3 is 6.18 Å². The molecular weight excluding hydrogens is 253 g/mol. The molecule has 2 aromatic rings. The minimum Gasteiger partial charge on any atom is -0.399 e. The Morgan fingerprint density at radius 3 is 2.11 bits per heavy atom. The average molecular weight is 266 g/mol. The summed E-state index contributed by atoms with van der Waals surface area (Å²) in [6.07, 6.45) is -4.31. The van der Waals surface area contributed by atoms with E-state index >= 15 is 0 Å². The summed E-state index contributed by atoms with van der Waals surface area (Å²) in [5, 5.41) is 3.02. The zero-order chi connectivity index (χ0) is 14.0. The van der Waals surface area contributed by atoms with E-state index in [0.717, 1.165) is 23.4 Å². The monoisotopic (exact) mass is 266 g/mol. The predicted octanol–water partition coefficient (Wildman–Crippen LogP) is 4.34. The third kappa shape index (κ3) is 3.40.